The summed E-state index contributed by atoms with van der Waals surface area (Å²) in [7, 11) is 0. The van der Waals surface area contributed by atoms with Gasteiger partial charge in [0.2, 0.25) is 0 Å². The van der Waals surface area contributed by atoms with Crippen molar-refractivity contribution in [3.63, 3.8) is 0 Å². The van der Waals surface area contributed by atoms with Crippen LogP contribution >= 0.6 is 40.3 Å². The van der Waals surface area contributed by atoms with Crippen LogP contribution in [-0.2, 0) is 0 Å². The lowest BCUT2D eigenvalue weighted by Gasteiger charge is -2.19. The SMILES string of the molecule is Br.Clc1cccc2c(C3=C(C4CC4)SC4=NCCN43)cccc12. The molecule has 1 aliphatic carbocycles. The molecule has 5 heteroatoms. The molecule has 0 aromatic heterocycles. The Morgan fingerprint density at radius 1 is 1.09 bits per heavy atom. The van der Waals surface area contributed by atoms with Crippen molar-refractivity contribution in [2.75, 3.05) is 13.1 Å². The number of hydrogen-bond acceptors (Lipinski definition) is 3. The highest BCUT2D eigenvalue weighted by atomic mass is 79.9. The zero-order chi connectivity index (χ0) is 14.7. The van der Waals surface area contributed by atoms with E-state index in [9.17, 15) is 0 Å². The van der Waals surface area contributed by atoms with Crippen LogP contribution in [0.3, 0.4) is 0 Å². The molecule has 118 valence electrons. The van der Waals surface area contributed by atoms with Crippen LogP contribution in [0.1, 0.15) is 18.4 Å². The molecule has 1 fully saturated rings. The van der Waals surface area contributed by atoms with Crippen molar-refractivity contribution < 1.29 is 0 Å². The molecule has 23 heavy (non-hydrogen) atoms. The molecule has 2 heterocycles. The van der Waals surface area contributed by atoms with Crippen LogP contribution in [0.5, 0.6) is 0 Å². The number of benzene rings is 2. The fourth-order valence-corrected chi connectivity index (χ4v) is 4.98. The molecule has 1 saturated carbocycles. The van der Waals surface area contributed by atoms with Gasteiger partial charge in [0.15, 0.2) is 5.17 Å². The molecule has 0 unspecified atom stereocenters. The van der Waals surface area contributed by atoms with Gasteiger partial charge in [0, 0.05) is 27.4 Å². The molecular formula is C18H16BrClN2S. The predicted molar refractivity (Wildman–Crippen MR) is 106 cm³/mol. The summed E-state index contributed by atoms with van der Waals surface area (Å²) in [5.74, 6) is 0.739. The second-order valence-electron chi connectivity index (χ2n) is 6.05. The Kier molecular flexibility index (Phi) is 3.94. The summed E-state index contributed by atoms with van der Waals surface area (Å²) in [4.78, 5) is 8.60. The number of aliphatic imine (C=N–C) groups is 1. The topological polar surface area (TPSA) is 15.6 Å². The van der Waals surface area contributed by atoms with Crippen molar-refractivity contribution in [2.24, 2.45) is 10.9 Å². The van der Waals surface area contributed by atoms with E-state index in [1.54, 1.807) is 0 Å². The second kappa shape index (κ2) is 5.83. The lowest BCUT2D eigenvalue weighted by Crippen LogP contribution is -2.20. The molecule has 0 saturated heterocycles. The maximum atomic E-state index is 6.40. The van der Waals surface area contributed by atoms with Crippen molar-refractivity contribution in [1.82, 2.24) is 4.90 Å². The van der Waals surface area contributed by atoms with Crippen LogP contribution < -0.4 is 0 Å². The number of allylic oxidation sites excluding steroid dienone is 1. The van der Waals surface area contributed by atoms with Crippen LogP contribution in [0.25, 0.3) is 16.5 Å². The first-order chi connectivity index (χ1) is 10.8. The quantitative estimate of drug-likeness (QED) is 0.647. The lowest BCUT2D eigenvalue weighted by atomic mass is 10.0. The Balaban J connectivity index is 0.00000135. The van der Waals surface area contributed by atoms with E-state index in [0.717, 1.165) is 29.4 Å². The second-order valence-corrected chi connectivity index (χ2v) is 7.46. The summed E-state index contributed by atoms with van der Waals surface area (Å²) in [6.07, 6.45) is 2.64. The van der Waals surface area contributed by atoms with Crippen LogP contribution in [0.4, 0.5) is 0 Å². The number of rotatable bonds is 2. The van der Waals surface area contributed by atoms with Gasteiger partial charge in [-0.15, -0.1) is 17.0 Å². The third-order valence-electron chi connectivity index (χ3n) is 4.58. The monoisotopic (exact) mass is 406 g/mol. The van der Waals surface area contributed by atoms with Gasteiger partial charge in [-0.1, -0.05) is 53.7 Å². The maximum absolute atomic E-state index is 6.40. The first-order valence-corrected chi connectivity index (χ1v) is 8.94. The molecular weight excluding hydrogens is 392 g/mol. The number of thioether (sulfide) groups is 1. The molecule has 0 bridgehead atoms. The van der Waals surface area contributed by atoms with Gasteiger partial charge in [-0.25, -0.2) is 0 Å². The zero-order valence-electron chi connectivity index (χ0n) is 12.5. The Morgan fingerprint density at radius 3 is 2.70 bits per heavy atom. The summed E-state index contributed by atoms with van der Waals surface area (Å²) in [6, 6.07) is 12.7. The minimum absolute atomic E-state index is 0. The van der Waals surface area contributed by atoms with Crippen molar-refractivity contribution in [1.29, 1.82) is 0 Å². The summed E-state index contributed by atoms with van der Waals surface area (Å²) < 4.78 is 0. The first kappa shape index (κ1) is 15.6. The fourth-order valence-electron chi connectivity index (χ4n) is 3.38. The number of amidine groups is 1. The molecule has 0 amide bonds. The van der Waals surface area contributed by atoms with E-state index in [-0.39, 0.29) is 17.0 Å². The van der Waals surface area contributed by atoms with Gasteiger partial charge < -0.3 is 4.90 Å². The third-order valence-corrected chi connectivity index (χ3v) is 6.19. The van der Waals surface area contributed by atoms with Crippen LogP contribution in [0.15, 0.2) is 46.3 Å². The number of nitrogens with zero attached hydrogens (tertiary/aromatic N) is 2. The largest absolute Gasteiger partial charge is 0.318 e. The molecule has 0 N–H and O–H groups in total. The van der Waals surface area contributed by atoms with Crippen LogP contribution in [0.2, 0.25) is 5.02 Å². The highest BCUT2D eigenvalue weighted by Crippen LogP contribution is 2.53. The molecule has 0 spiro atoms. The number of hydrogen-bond donors (Lipinski definition) is 0. The highest BCUT2D eigenvalue weighted by Gasteiger charge is 2.40. The van der Waals surface area contributed by atoms with Gasteiger partial charge in [-0.2, -0.15) is 0 Å². The van der Waals surface area contributed by atoms with Gasteiger partial charge in [0.05, 0.1) is 12.2 Å². The average Bonchev–Trinajstić information content (AvgIpc) is 3.17. The van der Waals surface area contributed by atoms with E-state index in [1.807, 2.05) is 23.9 Å². The normalized spacial score (nSPS) is 19.9. The summed E-state index contributed by atoms with van der Waals surface area (Å²) >= 11 is 8.29. The number of fused-ring (bicyclic) bond motifs is 2. The summed E-state index contributed by atoms with van der Waals surface area (Å²) in [5.41, 5.74) is 2.69. The smallest absolute Gasteiger partial charge is 0.168 e. The zero-order valence-corrected chi connectivity index (χ0v) is 15.7. The van der Waals surface area contributed by atoms with Gasteiger partial charge in [0.25, 0.3) is 0 Å². The van der Waals surface area contributed by atoms with Crippen molar-refractivity contribution >= 4 is 62.0 Å². The van der Waals surface area contributed by atoms with Crippen molar-refractivity contribution in [2.45, 2.75) is 12.8 Å². The minimum atomic E-state index is 0. The van der Waals surface area contributed by atoms with Gasteiger partial charge in [-0.3, -0.25) is 4.99 Å². The molecule has 5 rings (SSSR count). The average molecular weight is 408 g/mol. The molecule has 2 aliphatic heterocycles. The predicted octanol–water partition coefficient (Wildman–Crippen LogP) is 5.57. The highest BCUT2D eigenvalue weighted by molar-refractivity contribution is 8.93. The Labute approximate surface area is 155 Å². The van der Waals surface area contributed by atoms with Crippen LogP contribution in [0, 0.1) is 5.92 Å². The standard InChI is InChI=1S/C18H15ClN2S.BrH/c19-15-6-2-3-12-13(15)4-1-5-14(12)16-17(11-7-8-11)22-18-20-9-10-21(16)18;/h1-6,11H,7-10H2;1H. The molecule has 2 aromatic carbocycles. The van der Waals surface area contributed by atoms with E-state index in [2.05, 4.69) is 34.2 Å². The summed E-state index contributed by atoms with van der Waals surface area (Å²) in [5, 5.41) is 4.40. The lowest BCUT2D eigenvalue weighted by molar-refractivity contribution is 0.646. The minimum Gasteiger partial charge on any atom is -0.318 e. The Hall–Kier alpha value is -0.970. The maximum Gasteiger partial charge on any atom is 0.168 e. The molecule has 3 aliphatic rings. The van der Waals surface area contributed by atoms with E-state index < -0.39 is 0 Å². The molecule has 2 aromatic rings. The van der Waals surface area contributed by atoms with Gasteiger partial charge in [0.1, 0.15) is 0 Å². The number of halogens is 2. The van der Waals surface area contributed by atoms with E-state index >= 15 is 0 Å². The first-order valence-electron chi connectivity index (χ1n) is 7.74. The molecule has 0 radical (unpaired) electrons. The van der Waals surface area contributed by atoms with Crippen molar-refractivity contribution in [3.05, 3.63) is 51.9 Å². The third kappa shape index (κ3) is 2.43. The molecule has 2 nitrogen and oxygen atoms in total. The van der Waals surface area contributed by atoms with Crippen molar-refractivity contribution in [3.8, 4) is 0 Å². The Bertz CT molecular complexity index is 857. The van der Waals surface area contributed by atoms with E-state index in [0.29, 0.717) is 0 Å². The molecule has 0 atom stereocenters. The van der Waals surface area contributed by atoms with Gasteiger partial charge in [-0.05, 0) is 30.2 Å². The fraction of sp³-hybridized carbons (Fsp3) is 0.278. The van der Waals surface area contributed by atoms with Crippen LogP contribution in [-0.4, -0.2) is 23.2 Å². The van der Waals surface area contributed by atoms with Gasteiger partial charge >= 0.3 is 0 Å². The summed E-state index contributed by atoms with van der Waals surface area (Å²) in [6.45, 7) is 1.92. The van der Waals surface area contributed by atoms with E-state index in [1.165, 1.54) is 39.6 Å². The Morgan fingerprint density at radius 2 is 1.87 bits per heavy atom. The van der Waals surface area contributed by atoms with E-state index in [4.69, 9.17) is 11.6 Å².